The normalized spacial score (nSPS) is 12.0. The summed E-state index contributed by atoms with van der Waals surface area (Å²) in [7, 11) is 0. The Balaban J connectivity index is 2.73. The maximum Gasteiger partial charge on any atom is 0.344 e. The van der Waals surface area contributed by atoms with Crippen molar-refractivity contribution >= 4 is 5.97 Å². The van der Waals surface area contributed by atoms with E-state index in [0.29, 0.717) is 18.8 Å². The van der Waals surface area contributed by atoms with Crippen LogP contribution in [0.2, 0.25) is 0 Å². The molecular formula is C14H22N2O3. The van der Waals surface area contributed by atoms with Gasteiger partial charge in [0, 0.05) is 18.2 Å². The van der Waals surface area contributed by atoms with Crippen LogP contribution in [0.1, 0.15) is 31.7 Å². The number of aromatic nitrogens is 1. The van der Waals surface area contributed by atoms with Crippen molar-refractivity contribution in [1.82, 2.24) is 4.98 Å². The number of rotatable bonds is 7. The first kappa shape index (κ1) is 15.4. The third-order valence-corrected chi connectivity index (χ3v) is 2.70. The van der Waals surface area contributed by atoms with E-state index >= 15 is 0 Å². The molecule has 0 aliphatic rings. The molecule has 1 aromatic heterocycles. The third-order valence-electron chi connectivity index (χ3n) is 2.70. The molecule has 5 heteroatoms. The molecule has 5 nitrogen and oxygen atoms in total. The predicted molar refractivity (Wildman–Crippen MR) is 73.1 cm³/mol. The molecule has 1 heterocycles. The fourth-order valence-electron chi connectivity index (χ4n) is 1.61. The van der Waals surface area contributed by atoms with Gasteiger partial charge in [-0.2, -0.15) is 0 Å². The van der Waals surface area contributed by atoms with Crippen molar-refractivity contribution in [2.24, 2.45) is 5.73 Å². The maximum atomic E-state index is 11.3. The van der Waals surface area contributed by atoms with E-state index in [2.05, 4.69) is 4.98 Å². The number of pyridine rings is 1. The molecule has 2 N–H and O–H groups in total. The Morgan fingerprint density at radius 1 is 1.42 bits per heavy atom. The van der Waals surface area contributed by atoms with Crippen molar-refractivity contribution in [3.8, 4) is 5.75 Å². The number of nitrogens with two attached hydrogens (primary N) is 1. The second-order valence-electron chi connectivity index (χ2n) is 4.36. The fraction of sp³-hybridized carbons (Fsp3) is 0.571. The molecule has 106 valence electrons. The topological polar surface area (TPSA) is 74.4 Å². The Bertz CT molecular complexity index is 421. The summed E-state index contributed by atoms with van der Waals surface area (Å²) in [4.78, 5) is 15.7. The fourth-order valence-corrected chi connectivity index (χ4v) is 1.61. The van der Waals surface area contributed by atoms with Crippen LogP contribution in [0.15, 0.2) is 12.1 Å². The van der Waals surface area contributed by atoms with Crippen molar-refractivity contribution < 1.29 is 14.3 Å². The van der Waals surface area contributed by atoms with Gasteiger partial charge in [0.1, 0.15) is 5.75 Å². The summed E-state index contributed by atoms with van der Waals surface area (Å²) < 4.78 is 10.3. The van der Waals surface area contributed by atoms with Crippen molar-refractivity contribution in [1.29, 1.82) is 0 Å². The van der Waals surface area contributed by atoms with E-state index in [1.807, 2.05) is 26.0 Å². The number of ether oxygens (including phenoxy) is 2. The minimum absolute atomic E-state index is 0.0410. The number of carbonyl (C=O) groups is 1. The van der Waals surface area contributed by atoms with Gasteiger partial charge in [-0.15, -0.1) is 0 Å². The molecule has 0 fully saturated rings. The summed E-state index contributed by atoms with van der Waals surface area (Å²) in [6, 6.07) is 3.71. The number of carbonyl (C=O) groups excluding carboxylic acids is 1. The van der Waals surface area contributed by atoms with Crippen LogP contribution in [0.4, 0.5) is 0 Å². The van der Waals surface area contributed by atoms with Crippen LogP contribution in [0, 0.1) is 6.92 Å². The van der Waals surface area contributed by atoms with Gasteiger partial charge in [0.2, 0.25) is 0 Å². The molecule has 0 aromatic carbocycles. The summed E-state index contributed by atoms with van der Waals surface area (Å²) >= 11 is 0. The Morgan fingerprint density at radius 3 is 2.79 bits per heavy atom. The smallest absolute Gasteiger partial charge is 0.344 e. The average molecular weight is 266 g/mol. The second-order valence-corrected chi connectivity index (χ2v) is 4.36. The van der Waals surface area contributed by atoms with Gasteiger partial charge in [-0.05, 0) is 32.4 Å². The lowest BCUT2D eigenvalue weighted by Crippen LogP contribution is -2.23. The zero-order valence-electron chi connectivity index (χ0n) is 11.8. The predicted octanol–water partition coefficient (Wildman–Crippen LogP) is 1.61. The van der Waals surface area contributed by atoms with E-state index in [4.69, 9.17) is 15.2 Å². The van der Waals surface area contributed by atoms with E-state index in [1.54, 1.807) is 6.92 Å². The molecule has 0 bridgehead atoms. The third kappa shape index (κ3) is 5.26. The van der Waals surface area contributed by atoms with E-state index in [-0.39, 0.29) is 18.6 Å². The zero-order valence-corrected chi connectivity index (χ0v) is 11.8. The van der Waals surface area contributed by atoms with Crippen LogP contribution in [0.3, 0.4) is 0 Å². The van der Waals surface area contributed by atoms with Crippen molar-refractivity contribution in [2.45, 2.75) is 39.7 Å². The summed E-state index contributed by atoms with van der Waals surface area (Å²) in [5.41, 5.74) is 7.64. The van der Waals surface area contributed by atoms with Gasteiger partial charge in [-0.25, -0.2) is 4.79 Å². The van der Waals surface area contributed by atoms with Crippen LogP contribution in [-0.4, -0.2) is 30.2 Å². The molecule has 0 amide bonds. The molecule has 0 spiro atoms. The monoisotopic (exact) mass is 266 g/mol. The van der Waals surface area contributed by atoms with Gasteiger partial charge in [0.05, 0.1) is 12.3 Å². The van der Waals surface area contributed by atoms with Crippen molar-refractivity contribution in [3.63, 3.8) is 0 Å². The van der Waals surface area contributed by atoms with E-state index < -0.39 is 0 Å². The highest BCUT2D eigenvalue weighted by Gasteiger charge is 2.12. The average Bonchev–Trinajstić information content (AvgIpc) is 2.38. The van der Waals surface area contributed by atoms with Crippen LogP contribution < -0.4 is 10.5 Å². The zero-order chi connectivity index (χ0) is 14.3. The molecule has 1 aromatic rings. The number of aryl methyl sites for hydroxylation is 1. The SMILES string of the molecule is CCOC(=O)COc1ccc(C)nc1CC(N)CC. The Kier molecular flexibility index (Phi) is 6.29. The number of nitrogens with zero attached hydrogens (tertiary/aromatic N) is 1. The van der Waals surface area contributed by atoms with E-state index in [9.17, 15) is 4.79 Å². The summed E-state index contributed by atoms with van der Waals surface area (Å²) in [5.74, 6) is 0.219. The van der Waals surface area contributed by atoms with Crippen LogP contribution in [0.5, 0.6) is 5.75 Å². The van der Waals surface area contributed by atoms with Crippen LogP contribution in [0.25, 0.3) is 0 Å². The van der Waals surface area contributed by atoms with Crippen LogP contribution in [-0.2, 0) is 16.0 Å². The van der Waals surface area contributed by atoms with E-state index in [1.165, 1.54) is 0 Å². The number of hydrogen-bond acceptors (Lipinski definition) is 5. The lowest BCUT2D eigenvalue weighted by Gasteiger charge is -2.13. The van der Waals surface area contributed by atoms with Gasteiger partial charge in [-0.3, -0.25) is 4.98 Å². The minimum atomic E-state index is -0.381. The summed E-state index contributed by atoms with van der Waals surface area (Å²) in [6.07, 6.45) is 1.50. The number of esters is 1. The van der Waals surface area contributed by atoms with Gasteiger partial charge in [-0.1, -0.05) is 6.92 Å². The number of hydrogen-bond donors (Lipinski definition) is 1. The Hall–Kier alpha value is -1.62. The standard InChI is InChI=1S/C14H22N2O3/c1-4-11(15)8-12-13(7-6-10(3)16-12)19-9-14(17)18-5-2/h6-7,11H,4-5,8-9,15H2,1-3H3. The largest absolute Gasteiger partial charge is 0.480 e. The van der Waals surface area contributed by atoms with Gasteiger partial charge in [0.15, 0.2) is 6.61 Å². The molecule has 1 rings (SSSR count). The molecule has 0 radical (unpaired) electrons. The molecule has 0 aliphatic heterocycles. The highest BCUT2D eigenvalue weighted by atomic mass is 16.6. The first-order valence-electron chi connectivity index (χ1n) is 6.57. The molecule has 1 atom stereocenters. The van der Waals surface area contributed by atoms with Crippen molar-refractivity contribution in [2.75, 3.05) is 13.2 Å². The molecule has 19 heavy (non-hydrogen) atoms. The molecule has 0 saturated carbocycles. The molecular weight excluding hydrogens is 244 g/mol. The van der Waals surface area contributed by atoms with Gasteiger partial charge >= 0.3 is 5.97 Å². The summed E-state index contributed by atoms with van der Waals surface area (Å²) in [6.45, 7) is 5.95. The van der Waals surface area contributed by atoms with Gasteiger partial charge < -0.3 is 15.2 Å². The highest BCUT2D eigenvalue weighted by molar-refractivity contribution is 5.71. The van der Waals surface area contributed by atoms with Gasteiger partial charge in [0.25, 0.3) is 0 Å². The minimum Gasteiger partial charge on any atom is -0.480 e. The van der Waals surface area contributed by atoms with Crippen LogP contribution >= 0.6 is 0 Å². The Labute approximate surface area is 114 Å². The first-order chi connectivity index (χ1) is 9.06. The van der Waals surface area contributed by atoms with Crippen molar-refractivity contribution in [3.05, 3.63) is 23.5 Å². The van der Waals surface area contributed by atoms with E-state index in [0.717, 1.165) is 17.8 Å². The summed E-state index contributed by atoms with van der Waals surface area (Å²) in [5, 5.41) is 0. The first-order valence-corrected chi connectivity index (χ1v) is 6.57. The Morgan fingerprint density at radius 2 is 2.16 bits per heavy atom. The maximum absolute atomic E-state index is 11.3. The lowest BCUT2D eigenvalue weighted by atomic mass is 10.1. The molecule has 1 unspecified atom stereocenters. The molecule has 0 aliphatic carbocycles. The molecule has 0 saturated heterocycles. The lowest BCUT2D eigenvalue weighted by molar-refractivity contribution is -0.145. The quantitative estimate of drug-likeness (QED) is 0.759. The second kappa shape index (κ2) is 7.74. The highest BCUT2D eigenvalue weighted by Crippen LogP contribution is 2.19.